The fourth-order valence-electron chi connectivity index (χ4n) is 3.72. The Bertz CT molecular complexity index is 377. The van der Waals surface area contributed by atoms with E-state index in [1.54, 1.807) is 0 Å². The molecule has 0 radical (unpaired) electrons. The number of esters is 1. The standard InChI is InChI=1S/C21H40O4/c1-16(2)21(17(3)4,20(24)25-18(5)6)15-13-11-9-7-8-10-12-14-19(22)23/h16-18H,7-15H2,1-6H3,(H,22,23). The third-order valence-electron chi connectivity index (χ3n) is 5.26. The van der Waals surface area contributed by atoms with Crippen LogP contribution in [0, 0.1) is 17.3 Å². The van der Waals surface area contributed by atoms with E-state index in [0.29, 0.717) is 0 Å². The molecule has 0 rings (SSSR count). The first-order chi connectivity index (χ1) is 11.6. The fourth-order valence-corrected chi connectivity index (χ4v) is 3.72. The second-order valence-electron chi connectivity index (χ2n) is 8.17. The van der Waals surface area contributed by atoms with Crippen LogP contribution in [0.3, 0.4) is 0 Å². The van der Waals surface area contributed by atoms with E-state index in [-0.39, 0.29) is 30.3 Å². The number of carboxylic acids is 1. The molecule has 1 N–H and O–H groups in total. The molecule has 0 aliphatic heterocycles. The molecule has 0 heterocycles. The Hall–Kier alpha value is -1.06. The van der Waals surface area contributed by atoms with E-state index in [9.17, 15) is 9.59 Å². The molecule has 4 nitrogen and oxygen atoms in total. The quantitative estimate of drug-likeness (QED) is 0.314. The van der Waals surface area contributed by atoms with Gasteiger partial charge < -0.3 is 9.84 Å². The molecule has 0 aliphatic rings. The topological polar surface area (TPSA) is 63.6 Å². The average Bonchev–Trinajstić information content (AvgIpc) is 2.47. The van der Waals surface area contributed by atoms with Gasteiger partial charge in [-0.1, -0.05) is 66.2 Å². The van der Waals surface area contributed by atoms with Gasteiger partial charge in [0.2, 0.25) is 0 Å². The Kier molecular flexibility index (Phi) is 11.8. The SMILES string of the molecule is CC(C)OC(=O)C(CCCCCCCCCC(=O)O)(C(C)C)C(C)C. The second-order valence-corrected chi connectivity index (χ2v) is 8.17. The van der Waals surface area contributed by atoms with Gasteiger partial charge in [-0.3, -0.25) is 9.59 Å². The number of hydrogen-bond donors (Lipinski definition) is 1. The molecule has 0 fully saturated rings. The summed E-state index contributed by atoms with van der Waals surface area (Å²) in [6.45, 7) is 12.3. The Labute approximate surface area is 154 Å². The van der Waals surface area contributed by atoms with E-state index < -0.39 is 11.4 Å². The molecule has 0 unspecified atom stereocenters. The van der Waals surface area contributed by atoms with E-state index in [1.165, 1.54) is 0 Å². The molecule has 0 saturated heterocycles. The molecule has 0 aromatic heterocycles. The molecule has 0 bridgehead atoms. The highest BCUT2D eigenvalue weighted by atomic mass is 16.5. The minimum Gasteiger partial charge on any atom is -0.481 e. The maximum atomic E-state index is 12.8. The molecule has 0 saturated carbocycles. The highest BCUT2D eigenvalue weighted by Crippen LogP contribution is 2.42. The van der Waals surface area contributed by atoms with Crippen LogP contribution in [0.1, 0.15) is 99.3 Å². The van der Waals surface area contributed by atoms with Crippen LogP contribution in [-0.2, 0) is 14.3 Å². The first-order valence-electron chi connectivity index (χ1n) is 10.1. The van der Waals surface area contributed by atoms with Crippen molar-refractivity contribution in [3.63, 3.8) is 0 Å². The lowest BCUT2D eigenvalue weighted by atomic mass is 9.66. The number of carbonyl (C=O) groups is 2. The summed E-state index contributed by atoms with van der Waals surface area (Å²) in [5.74, 6) is -0.224. The van der Waals surface area contributed by atoms with E-state index in [4.69, 9.17) is 9.84 Å². The van der Waals surface area contributed by atoms with Gasteiger partial charge in [0.05, 0.1) is 11.5 Å². The lowest BCUT2D eigenvalue weighted by molar-refractivity contribution is -0.167. The van der Waals surface area contributed by atoms with Crippen LogP contribution in [0.2, 0.25) is 0 Å². The van der Waals surface area contributed by atoms with Crippen molar-refractivity contribution in [1.29, 1.82) is 0 Å². The number of carbonyl (C=O) groups excluding carboxylic acids is 1. The van der Waals surface area contributed by atoms with Crippen molar-refractivity contribution < 1.29 is 19.4 Å². The molecule has 0 spiro atoms. The van der Waals surface area contributed by atoms with Crippen LogP contribution in [-0.4, -0.2) is 23.1 Å². The predicted molar refractivity (Wildman–Crippen MR) is 103 cm³/mol. The molecule has 0 aromatic rings. The van der Waals surface area contributed by atoms with Gasteiger partial charge in [-0.2, -0.15) is 0 Å². The third kappa shape index (κ3) is 8.73. The summed E-state index contributed by atoms with van der Waals surface area (Å²) in [6, 6.07) is 0. The highest BCUT2D eigenvalue weighted by Gasteiger charge is 2.45. The first-order valence-corrected chi connectivity index (χ1v) is 10.1. The summed E-state index contributed by atoms with van der Waals surface area (Å²) < 4.78 is 5.59. The Morgan fingerprint density at radius 1 is 0.800 bits per heavy atom. The smallest absolute Gasteiger partial charge is 0.312 e. The van der Waals surface area contributed by atoms with Crippen LogP contribution < -0.4 is 0 Å². The third-order valence-corrected chi connectivity index (χ3v) is 5.26. The van der Waals surface area contributed by atoms with Crippen LogP contribution in [0.15, 0.2) is 0 Å². The summed E-state index contributed by atoms with van der Waals surface area (Å²) in [5, 5.41) is 8.61. The fraction of sp³-hybridized carbons (Fsp3) is 0.905. The highest BCUT2D eigenvalue weighted by molar-refractivity contribution is 5.77. The average molecular weight is 357 g/mol. The minimum atomic E-state index is -0.702. The number of hydrogen-bond acceptors (Lipinski definition) is 3. The zero-order valence-electron chi connectivity index (χ0n) is 17.3. The summed E-state index contributed by atoms with van der Waals surface area (Å²) >= 11 is 0. The molecule has 0 atom stereocenters. The second kappa shape index (κ2) is 12.3. The molecular formula is C21H40O4. The Morgan fingerprint density at radius 2 is 1.24 bits per heavy atom. The Morgan fingerprint density at radius 3 is 1.64 bits per heavy atom. The lowest BCUT2D eigenvalue weighted by Crippen LogP contribution is -2.43. The minimum absolute atomic E-state index is 0.0406. The largest absolute Gasteiger partial charge is 0.481 e. The van der Waals surface area contributed by atoms with Crippen molar-refractivity contribution in [3.8, 4) is 0 Å². The van der Waals surface area contributed by atoms with E-state index >= 15 is 0 Å². The van der Waals surface area contributed by atoms with E-state index in [1.807, 2.05) is 13.8 Å². The van der Waals surface area contributed by atoms with Gasteiger partial charge in [0, 0.05) is 6.42 Å². The van der Waals surface area contributed by atoms with Gasteiger partial charge >= 0.3 is 11.9 Å². The van der Waals surface area contributed by atoms with Crippen molar-refractivity contribution in [3.05, 3.63) is 0 Å². The molecule has 0 amide bonds. The summed E-state index contributed by atoms with van der Waals surface area (Å²) in [6.07, 6.45) is 8.42. The van der Waals surface area contributed by atoms with Crippen molar-refractivity contribution in [2.45, 2.75) is 105 Å². The van der Waals surface area contributed by atoms with Crippen LogP contribution in [0.4, 0.5) is 0 Å². The van der Waals surface area contributed by atoms with Crippen LogP contribution in [0.25, 0.3) is 0 Å². The van der Waals surface area contributed by atoms with E-state index in [0.717, 1.165) is 51.4 Å². The van der Waals surface area contributed by atoms with Gasteiger partial charge in [-0.25, -0.2) is 0 Å². The molecule has 4 heteroatoms. The van der Waals surface area contributed by atoms with Gasteiger partial charge in [-0.05, 0) is 38.5 Å². The molecular weight excluding hydrogens is 316 g/mol. The summed E-state index contributed by atoms with van der Waals surface area (Å²) in [5.41, 5.74) is -0.397. The van der Waals surface area contributed by atoms with Crippen LogP contribution >= 0.6 is 0 Å². The molecule has 148 valence electrons. The number of aliphatic carboxylic acids is 1. The lowest BCUT2D eigenvalue weighted by Gasteiger charge is -2.39. The van der Waals surface area contributed by atoms with Gasteiger partial charge in [0.15, 0.2) is 0 Å². The summed E-state index contributed by atoms with van der Waals surface area (Å²) in [7, 11) is 0. The predicted octanol–water partition coefficient (Wildman–Crippen LogP) is 5.83. The zero-order valence-corrected chi connectivity index (χ0v) is 17.3. The van der Waals surface area contributed by atoms with Crippen molar-refractivity contribution in [2.75, 3.05) is 0 Å². The number of ether oxygens (including phenoxy) is 1. The number of unbranched alkanes of at least 4 members (excludes halogenated alkanes) is 6. The van der Waals surface area contributed by atoms with E-state index in [2.05, 4.69) is 27.7 Å². The zero-order chi connectivity index (χ0) is 19.5. The van der Waals surface area contributed by atoms with Gasteiger partial charge in [0.25, 0.3) is 0 Å². The number of carboxylic acid groups (broad SMARTS) is 1. The van der Waals surface area contributed by atoms with Gasteiger partial charge in [0.1, 0.15) is 0 Å². The van der Waals surface area contributed by atoms with Crippen molar-refractivity contribution in [1.82, 2.24) is 0 Å². The van der Waals surface area contributed by atoms with Gasteiger partial charge in [-0.15, -0.1) is 0 Å². The maximum absolute atomic E-state index is 12.8. The number of rotatable bonds is 14. The maximum Gasteiger partial charge on any atom is 0.312 e. The first kappa shape index (κ1) is 23.9. The molecule has 25 heavy (non-hydrogen) atoms. The molecule has 0 aliphatic carbocycles. The van der Waals surface area contributed by atoms with Crippen LogP contribution in [0.5, 0.6) is 0 Å². The normalized spacial score (nSPS) is 12.2. The van der Waals surface area contributed by atoms with Crippen molar-refractivity contribution in [2.24, 2.45) is 17.3 Å². The molecule has 0 aromatic carbocycles. The monoisotopic (exact) mass is 356 g/mol. The Balaban J connectivity index is 4.32. The summed E-state index contributed by atoms with van der Waals surface area (Å²) in [4.78, 5) is 23.2. The van der Waals surface area contributed by atoms with Crippen molar-refractivity contribution >= 4 is 11.9 Å².